The summed E-state index contributed by atoms with van der Waals surface area (Å²) in [6, 6.07) is 4.69. The lowest BCUT2D eigenvalue weighted by Crippen LogP contribution is -2.08. The first kappa shape index (κ1) is 23.1. The molecule has 3 nitrogen and oxygen atoms in total. The lowest BCUT2D eigenvalue weighted by molar-refractivity contribution is -0.140. The van der Waals surface area contributed by atoms with Gasteiger partial charge >= 0.3 is 12.4 Å². The third-order valence-electron chi connectivity index (χ3n) is 3.79. The Balaban J connectivity index is 0.000000521. The minimum absolute atomic E-state index is 0.0110. The summed E-state index contributed by atoms with van der Waals surface area (Å²) in [7, 11) is 0. The highest BCUT2D eigenvalue weighted by Crippen LogP contribution is 2.38. The van der Waals surface area contributed by atoms with E-state index >= 15 is 0 Å². The number of benzene rings is 2. The molecule has 1 aliphatic rings. The highest BCUT2D eigenvalue weighted by Gasteiger charge is 2.35. The van der Waals surface area contributed by atoms with Gasteiger partial charge in [0.1, 0.15) is 11.6 Å². The van der Waals surface area contributed by atoms with E-state index in [-0.39, 0.29) is 10.6 Å². The molecule has 0 amide bonds. The van der Waals surface area contributed by atoms with Gasteiger partial charge in [0, 0.05) is 16.6 Å². The highest BCUT2D eigenvalue weighted by molar-refractivity contribution is 8.00. The number of nitrogens with one attached hydrogen (secondary N) is 2. The SMILES string of the molecule is C1CCNC1.Oc1cc(NSc2ccc(F)c(C(F)(F)F)c2)ccc1C(F)(F)F. The van der Waals surface area contributed by atoms with Crippen LogP contribution in [0.5, 0.6) is 5.75 Å². The van der Waals surface area contributed by atoms with E-state index in [1.807, 2.05) is 0 Å². The molecule has 1 saturated heterocycles. The molecule has 0 unspecified atom stereocenters. The van der Waals surface area contributed by atoms with Crippen molar-refractivity contribution in [3.63, 3.8) is 0 Å². The van der Waals surface area contributed by atoms with Gasteiger partial charge in [0.25, 0.3) is 0 Å². The topological polar surface area (TPSA) is 44.3 Å². The fourth-order valence-corrected chi connectivity index (χ4v) is 3.04. The molecular weight excluding hydrogens is 425 g/mol. The number of rotatable bonds is 3. The van der Waals surface area contributed by atoms with Crippen molar-refractivity contribution in [2.24, 2.45) is 0 Å². The Kier molecular flexibility index (Phi) is 7.64. The molecule has 3 rings (SSSR count). The summed E-state index contributed by atoms with van der Waals surface area (Å²) in [6.45, 7) is 2.50. The normalized spacial score (nSPS) is 14.3. The second-order valence-corrected chi connectivity index (χ2v) is 6.91. The third kappa shape index (κ3) is 7.00. The van der Waals surface area contributed by atoms with E-state index in [2.05, 4.69) is 10.0 Å². The van der Waals surface area contributed by atoms with Crippen molar-refractivity contribution in [2.75, 3.05) is 17.8 Å². The molecule has 0 radical (unpaired) electrons. The molecule has 2 aromatic rings. The lowest BCUT2D eigenvalue weighted by atomic mass is 10.2. The summed E-state index contributed by atoms with van der Waals surface area (Å²) in [5, 5.41) is 12.6. The molecule has 3 N–H and O–H groups in total. The Labute approximate surface area is 166 Å². The van der Waals surface area contributed by atoms with Gasteiger partial charge in [-0.3, -0.25) is 0 Å². The minimum Gasteiger partial charge on any atom is -0.507 e. The molecule has 160 valence electrons. The maximum atomic E-state index is 13.1. The van der Waals surface area contributed by atoms with E-state index in [1.54, 1.807) is 0 Å². The van der Waals surface area contributed by atoms with Crippen LogP contribution in [0.15, 0.2) is 41.3 Å². The molecule has 0 bridgehead atoms. The molecule has 1 aliphatic heterocycles. The number of phenolic OH excluding ortho intramolecular Hbond substituents is 1. The van der Waals surface area contributed by atoms with Gasteiger partial charge in [0.15, 0.2) is 0 Å². The van der Waals surface area contributed by atoms with Crippen LogP contribution in [0.25, 0.3) is 0 Å². The fraction of sp³-hybridized carbons (Fsp3) is 0.333. The van der Waals surface area contributed by atoms with Crippen molar-refractivity contribution >= 4 is 17.6 Å². The molecule has 0 aliphatic carbocycles. The van der Waals surface area contributed by atoms with Gasteiger partial charge in [-0.25, -0.2) is 4.39 Å². The number of halogens is 7. The third-order valence-corrected chi connectivity index (χ3v) is 4.62. The number of phenols is 1. The minimum atomic E-state index is -4.87. The predicted molar refractivity (Wildman–Crippen MR) is 96.1 cm³/mol. The lowest BCUT2D eigenvalue weighted by Gasteiger charge is -2.12. The summed E-state index contributed by atoms with van der Waals surface area (Å²) < 4.78 is 90.9. The van der Waals surface area contributed by atoms with Crippen LogP contribution in [0.2, 0.25) is 0 Å². The summed E-state index contributed by atoms with van der Waals surface area (Å²) >= 11 is 0.626. The average Bonchev–Trinajstić information content (AvgIpc) is 3.19. The summed E-state index contributed by atoms with van der Waals surface area (Å²) in [5.41, 5.74) is -2.66. The standard InChI is InChI=1S/C14H8F7NOS.C4H9N/c15-11-4-2-8(6-10(11)14(19,20)21)24-22-7-1-3-9(12(23)5-7)13(16,17)18;1-2-4-5-3-1/h1-6,22-23H;5H,1-4H2. The van der Waals surface area contributed by atoms with Crippen LogP contribution in [0.4, 0.5) is 36.4 Å². The van der Waals surface area contributed by atoms with Gasteiger partial charge in [0.05, 0.1) is 11.1 Å². The first-order chi connectivity index (χ1) is 13.5. The molecule has 0 spiro atoms. The van der Waals surface area contributed by atoms with Gasteiger partial charge in [-0.05, 0) is 68.2 Å². The Hall–Kier alpha value is -2.14. The van der Waals surface area contributed by atoms with Crippen LogP contribution < -0.4 is 10.0 Å². The molecule has 1 fully saturated rings. The Morgan fingerprint density at radius 3 is 1.97 bits per heavy atom. The van der Waals surface area contributed by atoms with Gasteiger partial charge in [-0.15, -0.1) is 0 Å². The zero-order valence-corrected chi connectivity index (χ0v) is 15.6. The highest BCUT2D eigenvalue weighted by atomic mass is 32.2. The average molecular weight is 442 g/mol. The van der Waals surface area contributed by atoms with Crippen LogP contribution in [0.3, 0.4) is 0 Å². The van der Waals surface area contributed by atoms with Crippen molar-refractivity contribution in [3.8, 4) is 5.75 Å². The largest absolute Gasteiger partial charge is 0.507 e. The van der Waals surface area contributed by atoms with E-state index in [9.17, 15) is 35.8 Å². The second-order valence-electron chi connectivity index (χ2n) is 6.03. The Morgan fingerprint density at radius 1 is 0.862 bits per heavy atom. The molecule has 11 heteroatoms. The van der Waals surface area contributed by atoms with Crippen molar-refractivity contribution in [1.29, 1.82) is 0 Å². The van der Waals surface area contributed by atoms with Crippen molar-refractivity contribution < 1.29 is 35.8 Å². The second kappa shape index (κ2) is 9.57. The molecule has 0 atom stereocenters. The number of anilines is 1. The Morgan fingerprint density at radius 2 is 1.48 bits per heavy atom. The number of alkyl halides is 6. The van der Waals surface area contributed by atoms with Crippen molar-refractivity contribution in [2.45, 2.75) is 30.1 Å². The van der Waals surface area contributed by atoms with Crippen LogP contribution in [-0.2, 0) is 12.4 Å². The zero-order valence-electron chi connectivity index (χ0n) is 14.8. The van der Waals surface area contributed by atoms with Gasteiger partial charge < -0.3 is 15.1 Å². The molecule has 0 aromatic heterocycles. The van der Waals surface area contributed by atoms with E-state index < -0.39 is 35.0 Å². The van der Waals surface area contributed by atoms with Gasteiger partial charge in [-0.2, -0.15) is 26.3 Å². The van der Waals surface area contributed by atoms with Crippen LogP contribution in [-0.4, -0.2) is 18.2 Å². The fourth-order valence-electron chi connectivity index (χ4n) is 2.36. The van der Waals surface area contributed by atoms with Crippen molar-refractivity contribution in [1.82, 2.24) is 5.32 Å². The first-order valence-electron chi connectivity index (χ1n) is 8.39. The van der Waals surface area contributed by atoms with Crippen LogP contribution in [0, 0.1) is 5.82 Å². The van der Waals surface area contributed by atoms with E-state index in [4.69, 9.17) is 0 Å². The van der Waals surface area contributed by atoms with Gasteiger partial charge in [-0.1, -0.05) is 0 Å². The maximum absolute atomic E-state index is 13.1. The number of hydrogen-bond donors (Lipinski definition) is 3. The smallest absolute Gasteiger partial charge is 0.419 e. The van der Waals surface area contributed by atoms with Crippen LogP contribution in [0.1, 0.15) is 24.0 Å². The molecule has 2 aromatic carbocycles. The van der Waals surface area contributed by atoms with E-state index in [1.165, 1.54) is 25.9 Å². The van der Waals surface area contributed by atoms with Crippen molar-refractivity contribution in [3.05, 3.63) is 53.3 Å². The molecule has 1 heterocycles. The first-order valence-corrected chi connectivity index (χ1v) is 9.20. The molecular formula is C18H17F7N2OS. The maximum Gasteiger partial charge on any atom is 0.419 e. The summed E-state index contributed by atoms with van der Waals surface area (Å²) in [5.74, 6) is -2.46. The summed E-state index contributed by atoms with van der Waals surface area (Å²) in [6.07, 6.45) is -6.82. The Bertz CT molecular complexity index is 813. The summed E-state index contributed by atoms with van der Waals surface area (Å²) in [4.78, 5) is -0.0110. The van der Waals surface area contributed by atoms with E-state index in [0.29, 0.717) is 30.1 Å². The molecule has 0 saturated carbocycles. The van der Waals surface area contributed by atoms with E-state index in [0.717, 1.165) is 18.2 Å². The number of aromatic hydroxyl groups is 1. The quantitative estimate of drug-likeness (QED) is 0.400. The zero-order chi connectivity index (χ0) is 21.7. The van der Waals surface area contributed by atoms with Gasteiger partial charge in [0.2, 0.25) is 0 Å². The number of hydrogen-bond acceptors (Lipinski definition) is 4. The molecule has 29 heavy (non-hydrogen) atoms. The van der Waals surface area contributed by atoms with Crippen LogP contribution >= 0.6 is 11.9 Å². The monoisotopic (exact) mass is 442 g/mol. The predicted octanol–water partition coefficient (Wildman–Crippen LogP) is 6.06.